The number of hydrogen-bond donors (Lipinski definition) is 1. The summed E-state index contributed by atoms with van der Waals surface area (Å²) in [5.74, 6) is 0.0366. The van der Waals surface area contributed by atoms with Crippen LogP contribution in [0.3, 0.4) is 0 Å². The Morgan fingerprint density at radius 2 is 2.06 bits per heavy atom. The molecule has 0 saturated carbocycles. The highest BCUT2D eigenvalue weighted by Gasteiger charge is 2.14. The van der Waals surface area contributed by atoms with Gasteiger partial charge in [0.05, 0.1) is 5.56 Å². The lowest BCUT2D eigenvalue weighted by Crippen LogP contribution is -2.28. The number of halogens is 1. The minimum Gasteiger partial charge on any atom is -0.396 e. The molecule has 0 bridgehead atoms. The summed E-state index contributed by atoms with van der Waals surface area (Å²) in [4.78, 5) is 14.0. The first-order valence-electron chi connectivity index (χ1n) is 6.18. The first-order chi connectivity index (χ1) is 8.56. The van der Waals surface area contributed by atoms with Crippen LogP contribution in [0.5, 0.6) is 0 Å². The van der Waals surface area contributed by atoms with Gasteiger partial charge in [-0.05, 0) is 54.2 Å². The third-order valence-electron chi connectivity index (χ3n) is 2.85. The average Bonchev–Trinajstić information content (AvgIpc) is 2.36. The van der Waals surface area contributed by atoms with Crippen LogP contribution in [0.4, 0.5) is 0 Å². The lowest BCUT2D eigenvalue weighted by molar-refractivity contribution is 0.0791. The Hall–Kier alpha value is -0.870. The summed E-state index contributed by atoms with van der Waals surface area (Å²) < 4.78 is 0.834. The Morgan fingerprint density at radius 3 is 2.72 bits per heavy atom. The second-order valence-corrected chi connectivity index (χ2v) is 5.35. The Bertz CT molecular complexity index is 407. The molecule has 0 unspecified atom stereocenters. The van der Waals surface area contributed by atoms with Crippen LogP contribution in [0.1, 0.15) is 35.2 Å². The number of unbranched alkanes of at least 4 members (excludes halogenated alkanes) is 2. The predicted octanol–water partition coefficient (Wildman–Crippen LogP) is 2.99. The molecule has 0 spiro atoms. The monoisotopic (exact) mass is 313 g/mol. The number of aryl methyl sites for hydroxylation is 1. The molecule has 0 aliphatic heterocycles. The van der Waals surface area contributed by atoms with Crippen LogP contribution in [0.25, 0.3) is 0 Å². The van der Waals surface area contributed by atoms with Crippen molar-refractivity contribution in [3.8, 4) is 0 Å². The van der Waals surface area contributed by atoms with Crippen LogP contribution in [-0.4, -0.2) is 36.1 Å². The molecule has 0 atom stereocenters. The molecule has 1 N–H and O–H groups in total. The lowest BCUT2D eigenvalue weighted by atomic mass is 10.1. The summed E-state index contributed by atoms with van der Waals surface area (Å²) in [5, 5.41) is 8.70. The van der Waals surface area contributed by atoms with E-state index in [0.29, 0.717) is 5.56 Å². The molecule has 0 aliphatic rings. The van der Waals surface area contributed by atoms with Gasteiger partial charge < -0.3 is 10.0 Å². The van der Waals surface area contributed by atoms with E-state index in [1.807, 2.05) is 32.2 Å². The fraction of sp³-hybridized carbons (Fsp3) is 0.500. The summed E-state index contributed by atoms with van der Waals surface area (Å²) >= 11 is 3.41. The molecule has 0 aromatic heterocycles. The van der Waals surface area contributed by atoms with Crippen molar-refractivity contribution in [1.29, 1.82) is 0 Å². The van der Waals surface area contributed by atoms with Crippen molar-refractivity contribution in [2.75, 3.05) is 20.2 Å². The van der Waals surface area contributed by atoms with Crippen LogP contribution in [-0.2, 0) is 0 Å². The highest BCUT2D eigenvalue weighted by molar-refractivity contribution is 9.10. The molecule has 1 aromatic carbocycles. The molecule has 1 rings (SSSR count). The average molecular weight is 314 g/mol. The van der Waals surface area contributed by atoms with Gasteiger partial charge in [-0.3, -0.25) is 4.79 Å². The Balaban J connectivity index is 2.60. The Labute approximate surface area is 117 Å². The van der Waals surface area contributed by atoms with Gasteiger partial charge in [-0.1, -0.05) is 11.6 Å². The molecule has 3 nitrogen and oxygen atoms in total. The SMILES string of the molecule is Cc1ccc(Br)c(C(=O)N(C)CCCCCO)c1. The molecule has 0 aliphatic carbocycles. The van der Waals surface area contributed by atoms with Crippen molar-refractivity contribution in [2.45, 2.75) is 26.2 Å². The zero-order valence-electron chi connectivity index (χ0n) is 10.9. The van der Waals surface area contributed by atoms with Crippen molar-refractivity contribution >= 4 is 21.8 Å². The van der Waals surface area contributed by atoms with Gasteiger partial charge in [-0.2, -0.15) is 0 Å². The molecule has 1 aromatic rings. The van der Waals surface area contributed by atoms with Gasteiger partial charge in [-0.15, -0.1) is 0 Å². The largest absolute Gasteiger partial charge is 0.396 e. The standard InChI is InChI=1S/C14H20BrNO2/c1-11-6-7-13(15)12(10-11)14(18)16(2)8-4-3-5-9-17/h6-7,10,17H,3-5,8-9H2,1-2H3. The van der Waals surface area contributed by atoms with E-state index in [2.05, 4.69) is 15.9 Å². The summed E-state index contributed by atoms with van der Waals surface area (Å²) in [5.41, 5.74) is 1.79. The third-order valence-corrected chi connectivity index (χ3v) is 3.54. The molecule has 0 radical (unpaired) electrons. The van der Waals surface area contributed by atoms with Crippen molar-refractivity contribution in [3.63, 3.8) is 0 Å². The molecule has 4 heteroatoms. The van der Waals surface area contributed by atoms with Crippen molar-refractivity contribution in [1.82, 2.24) is 4.90 Å². The summed E-state index contributed by atoms with van der Waals surface area (Å²) in [7, 11) is 1.82. The molecule has 0 saturated heterocycles. The van der Waals surface area contributed by atoms with Gasteiger partial charge in [0, 0.05) is 24.7 Å². The summed E-state index contributed by atoms with van der Waals surface area (Å²) in [6.45, 7) is 2.92. The van der Waals surface area contributed by atoms with Gasteiger partial charge in [0.15, 0.2) is 0 Å². The zero-order chi connectivity index (χ0) is 13.5. The highest BCUT2D eigenvalue weighted by atomic mass is 79.9. The van der Waals surface area contributed by atoms with E-state index < -0.39 is 0 Å². The minimum atomic E-state index is 0.0366. The van der Waals surface area contributed by atoms with Crippen LogP contribution < -0.4 is 0 Å². The summed E-state index contributed by atoms with van der Waals surface area (Å²) in [6, 6.07) is 5.78. The Kier molecular flexibility index (Phi) is 6.36. The molecule has 100 valence electrons. The van der Waals surface area contributed by atoms with E-state index >= 15 is 0 Å². The van der Waals surface area contributed by atoms with Gasteiger partial charge in [0.2, 0.25) is 0 Å². The maximum atomic E-state index is 12.2. The highest BCUT2D eigenvalue weighted by Crippen LogP contribution is 2.19. The van der Waals surface area contributed by atoms with E-state index in [4.69, 9.17) is 5.11 Å². The second-order valence-electron chi connectivity index (χ2n) is 4.49. The first-order valence-corrected chi connectivity index (χ1v) is 6.98. The van der Waals surface area contributed by atoms with Crippen LogP contribution in [0.15, 0.2) is 22.7 Å². The number of amides is 1. The van der Waals surface area contributed by atoms with Crippen molar-refractivity contribution < 1.29 is 9.90 Å². The van der Waals surface area contributed by atoms with Gasteiger partial charge in [0.1, 0.15) is 0 Å². The fourth-order valence-electron chi connectivity index (χ4n) is 1.75. The van der Waals surface area contributed by atoms with Gasteiger partial charge in [-0.25, -0.2) is 0 Å². The minimum absolute atomic E-state index is 0.0366. The number of carbonyl (C=O) groups is 1. The number of nitrogens with zero attached hydrogens (tertiary/aromatic N) is 1. The van der Waals surface area contributed by atoms with Crippen LogP contribution >= 0.6 is 15.9 Å². The lowest BCUT2D eigenvalue weighted by Gasteiger charge is -2.18. The maximum absolute atomic E-state index is 12.2. The van der Waals surface area contributed by atoms with E-state index in [0.717, 1.165) is 35.8 Å². The topological polar surface area (TPSA) is 40.5 Å². The number of aliphatic hydroxyl groups is 1. The zero-order valence-corrected chi connectivity index (χ0v) is 12.5. The van der Waals surface area contributed by atoms with E-state index in [1.54, 1.807) is 4.90 Å². The molecule has 0 fully saturated rings. The van der Waals surface area contributed by atoms with Crippen LogP contribution in [0.2, 0.25) is 0 Å². The number of benzene rings is 1. The van der Waals surface area contributed by atoms with E-state index in [1.165, 1.54) is 0 Å². The van der Waals surface area contributed by atoms with Crippen molar-refractivity contribution in [2.24, 2.45) is 0 Å². The number of hydrogen-bond acceptors (Lipinski definition) is 2. The Morgan fingerprint density at radius 1 is 1.33 bits per heavy atom. The predicted molar refractivity (Wildman–Crippen MR) is 76.8 cm³/mol. The van der Waals surface area contributed by atoms with E-state index in [-0.39, 0.29) is 12.5 Å². The van der Waals surface area contributed by atoms with Crippen LogP contribution in [0, 0.1) is 6.92 Å². The molecule has 1 amide bonds. The third kappa shape index (κ3) is 4.42. The molecule has 0 heterocycles. The molecule has 18 heavy (non-hydrogen) atoms. The van der Waals surface area contributed by atoms with Gasteiger partial charge in [0.25, 0.3) is 5.91 Å². The fourth-order valence-corrected chi connectivity index (χ4v) is 2.16. The second kappa shape index (κ2) is 7.54. The molecular formula is C14H20BrNO2. The quantitative estimate of drug-likeness (QED) is 0.820. The van der Waals surface area contributed by atoms with Crippen molar-refractivity contribution in [3.05, 3.63) is 33.8 Å². The number of carbonyl (C=O) groups excluding carboxylic acids is 1. The van der Waals surface area contributed by atoms with Gasteiger partial charge >= 0.3 is 0 Å². The first kappa shape index (κ1) is 15.2. The smallest absolute Gasteiger partial charge is 0.254 e. The number of rotatable bonds is 6. The maximum Gasteiger partial charge on any atom is 0.254 e. The normalized spacial score (nSPS) is 10.4. The number of aliphatic hydroxyl groups excluding tert-OH is 1. The molecular weight excluding hydrogens is 294 g/mol. The summed E-state index contributed by atoms with van der Waals surface area (Å²) in [6.07, 6.45) is 2.67. The van der Waals surface area contributed by atoms with E-state index in [9.17, 15) is 4.79 Å².